The third-order valence-electron chi connectivity index (χ3n) is 3.34. The molecule has 1 aromatic carbocycles. The smallest absolute Gasteiger partial charge is 0.128 e. The molecule has 0 saturated carbocycles. The van der Waals surface area contributed by atoms with Crippen molar-refractivity contribution >= 4 is 11.3 Å². The van der Waals surface area contributed by atoms with Crippen molar-refractivity contribution < 1.29 is 4.39 Å². The molecule has 0 aliphatic carbocycles. The first-order valence-electron chi connectivity index (χ1n) is 6.58. The summed E-state index contributed by atoms with van der Waals surface area (Å²) >= 11 is 1.62. The van der Waals surface area contributed by atoms with E-state index in [-0.39, 0.29) is 11.9 Å². The van der Waals surface area contributed by atoms with Gasteiger partial charge in [-0.1, -0.05) is 17.7 Å². The minimum absolute atomic E-state index is 0.142. The number of thiazole rings is 1. The Balaban J connectivity index is 2.20. The summed E-state index contributed by atoms with van der Waals surface area (Å²) in [5, 5.41) is 3.07. The van der Waals surface area contributed by atoms with E-state index >= 15 is 0 Å². The Kier molecular flexibility index (Phi) is 4.86. The highest BCUT2D eigenvalue weighted by Gasteiger charge is 2.20. The lowest BCUT2D eigenvalue weighted by Crippen LogP contribution is -2.31. The van der Waals surface area contributed by atoms with Crippen LogP contribution in [0.25, 0.3) is 0 Å². The van der Waals surface area contributed by atoms with E-state index in [2.05, 4.69) is 4.98 Å². The minimum atomic E-state index is -0.202. The van der Waals surface area contributed by atoms with E-state index in [4.69, 9.17) is 5.73 Å². The molecule has 0 bridgehead atoms. The van der Waals surface area contributed by atoms with Crippen LogP contribution in [-0.2, 0) is 6.54 Å². The van der Waals surface area contributed by atoms with Crippen molar-refractivity contribution in [2.24, 2.45) is 5.73 Å². The number of nitrogens with two attached hydrogens (primary N) is 1. The fourth-order valence-electron chi connectivity index (χ4n) is 2.31. The summed E-state index contributed by atoms with van der Waals surface area (Å²) in [6.45, 7) is 4.98. The molecule has 2 rings (SSSR count). The number of likely N-dealkylation sites (N-methyl/N-ethyl adjacent to an activating group) is 1. The zero-order chi connectivity index (χ0) is 14.7. The molecule has 1 heterocycles. The van der Waals surface area contributed by atoms with Gasteiger partial charge < -0.3 is 5.73 Å². The topological polar surface area (TPSA) is 42.1 Å². The molecular weight excluding hydrogens is 273 g/mol. The summed E-state index contributed by atoms with van der Waals surface area (Å²) in [6.07, 6.45) is 0. The van der Waals surface area contributed by atoms with Crippen LogP contribution in [0.3, 0.4) is 0 Å². The molecular formula is C15H20FN3S. The van der Waals surface area contributed by atoms with Crippen LogP contribution in [0.4, 0.5) is 4.39 Å². The molecule has 1 atom stereocenters. The number of halogens is 1. The number of aromatic nitrogens is 1. The van der Waals surface area contributed by atoms with Crippen molar-refractivity contribution in [3.63, 3.8) is 0 Å². The van der Waals surface area contributed by atoms with Gasteiger partial charge in [0.05, 0.1) is 16.7 Å². The Morgan fingerprint density at radius 3 is 2.75 bits per heavy atom. The van der Waals surface area contributed by atoms with E-state index < -0.39 is 0 Å². The van der Waals surface area contributed by atoms with Crippen molar-refractivity contribution in [3.05, 3.63) is 51.2 Å². The molecule has 1 unspecified atom stereocenters. The lowest BCUT2D eigenvalue weighted by molar-refractivity contribution is 0.234. The molecule has 108 valence electrons. The van der Waals surface area contributed by atoms with E-state index in [9.17, 15) is 4.39 Å². The molecule has 20 heavy (non-hydrogen) atoms. The van der Waals surface area contributed by atoms with Gasteiger partial charge in [-0.05, 0) is 27.0 Å². The van der Waals surface area contributed by atoms with E-state index in [1.807, 2.05) is 37.2 Å². The van der Waals surface area contributed by atoms with Crippen LogP contribution in [0.2, 0.25) is 0 Å². The predicted octanol–water partition coefficient (Wildman–Crippen LogP) is 3.03. The average molecular weight is 293 g/mol. The Bertz CT molecular complexity index is 582. The average Bonchev–Trinajstić information content (AvgIpc) is 2.80. The van der Waals surface area contributed by atoms with E-state index in [1.165, 1.54) is 6.07 Å². The molecule has 2 aromatic rings. The number of nitrogens with zero attached hydrogens (tertiary/aromatic N) is 2. The number of hydrogen-bond acceptors (Lipinski definition) is 4. The Labute approximate surface area is 123 Å². The highest BCUT2D eigenvalue weighted by molar-refractivity contribution is 7.09. The van der Waals surface area contributed by atoms with E-state index in [1.54, 1.807) is 17.4 Å². The fourth-order valence-corrected chi connectivity index (χ4v) is 2.91. The van der Waals surface area contributed by atoms with Gasteiger partial charge in [0.25, 0.3) is 0 Å². The number of rotatable bonds is 5. The van der Waals surface area contributed by atoms with Gasteiger partial charge in [0, 0.05) is 24.0 Å². The monoisotopic (exact) mass is 293 g/mol. The standard InChI is InChI=1S/C15H20FN3S/c1-10-4-5-14(16)13(6-10)15(7-17)19(3)8-12-9-20-11(2)18-12/h4-6,9,15H,7-8,17H2,1-3H3. The highest BCUT2D eigenvalue weighted by atomic mass is 32.1. The minimum Gasteiger partial charge on any atom is -0.329 e. The SMILES string of the molecule is Cc1ccc(F)c(C(CN)N(C)Cc2csc(C)n2)c1. The second kappa shape index (κ2) is 6.43. The molecule has 2 N–H and O–H groups in total. The van der Waals surface area contributed by atoms with Crippen LogP contribution in [0, 0.1) is 19.7 Å². The van der Waals surface area contributed by atoms with E-state index in [0.717, 1.165) is 16.3 Å². The number of aryl methyl sites for hydroxylation is 2. The summed E-state index contributed by atoms with van der Waals surface area (Å²) in [4.78, 5) is 6.49. The fraction of sp³-hybridized carbons (Fsp3) is 0.400. The van der Waals surface area contributed by atoms with Crippen LogP contribution in [-0.4, -0.2) is 23.5 Å². The van der Waals surface area contributed by atoms with Gasteiger partial charge in [0.15, 0.2) is 0 Å². The van der Waals surface area contributed by atoms with Gasteiger partial charge in [-0.3, -0.25) is 4.90 Å². The summed E-state index contributed by atoms with van der Waals surface area (Å²) in [7, 11) is 1.95. The first-order valence-corrected chi connectivity index (χ1v) is 7.46. The van der Waals surface area contributed by atoms with Gasteiger partial charge in [0.1, 0.15) is 5.82 Å². The van der Waals surface area contributed by atoms with Gasteiger partial charge in [-0.25, -0.2) is 9.37 Å². The maximum Gasteiger partial charge on any atom is 0.128 e. The summed E-state index contributed by atoms with van der Waals surface area (Å²) in [6, 6.07) is 5.01. The molecule has 5 heteroatoms. The molecule has 3 nitrogen and oxygen atoms in total. The molecule has 0 aliphatic heterocycles. The van der Waals surface area contributed by atoms with Crippen molar-refractivity contribution in [2.45, 2.75) is 26.4 Å². The Morgan fingerprint density at radius 1 is 1.40 bits per heavy atom. The van der Waals surface area contributed by atoms with E-state index in [0.29, 0.717) is 18.7 Å². The van der Waals surface area contributed by atoms with Crippen molar-refractivity contribution in [1.82, 2.24) is 9.88 Å². The molecule has 0 saturated heterocycles. The predicted molar refractivity (Wildman–Crippen MR) is 81.3 cm³/mol. The second-order valence-electron chi connectivity index (χ2n) is 5.05. The van der Waals surface area contributed by atoms with Crippen LogP contribution in [0.15, 0.2) is 23.6 Å². The Morgan fingerprint density at radius 2 is 2.15 bits per heavy atom. The third-order valence-corrected chi connectivity index (χ3v) is 4.17. The van der Waals surface area contributed by atoms with Crippen LogP contribution in [0.1, 0.15) is 27.9 Å². The van der Waals surface area contributed by atoms with Crippen molar-refractivity contribution in [1.29, 1.82) is 0 Å². The molecule has 0 radical (unpaired) electrons. The number of hydrogen-bond donors (Lipinski definition) is 1. The highest BCUT2D eigenvalue weighted by Crippen LogP contribution is 2.24. The first kappa shape index (κ1) is 15.1. The zero-order valence-electron chi connectivity index (χ0n) is 12.1. The van der Waals surface area contributed by atoms with Gasteiger partial charge >= 0.3 is 0 Å². The quantitative estimate of drug-likeness (QED) is 0.921. The second-order valence-corrected chi connectivity index (χ2v) is 6.11. The van der Waals surface area contributed by atoms with Crippen LogP contribution in [0.5, 0.6) is 0 Å². The zero-order valence-corrected chi connectivity index (χ0v) is 12.9. The van der Waals surface area contributed by atoms with Crippen molar-refractivity contribution in [3.8, 4) is 0 Å². The maximum atomic E-state index is 14.0. The normalized spacial score (nSPS) is 12.9. The number of benzene rings is 1. The largest absolute Gasteiger partial charge is 0.329 e. The molecule has 0 spiro atoms. The van der Waals surface area contributed by atoms with Gasteiger partial charge in [-0.2, -0.15) is 0 Å². The van der Waals surface area contributed by atoms with Crippen LogP contribution < -0.4 is 5.73 Å². The molecule has 0 aliphatic rings. The van der Waals surface area contributed by atoms with Crippen molar-refractivity contribution in [2.75, 3.05) is 13.6 Å². The summed E-state index contributed by atoms with van der Waals surface area (Å²) in [5.74, 6) is -0.202. The summed E-state index contributed by atoms with van der Waals surface area (Å²) < 4.78 is 14.0. The molecule has 0 amide bonds. The lowest BCUT2D eigenvalue weighted by Gasteiger charge is -2.27. The van der Waals surface area contributed by atoms with Gasteiger partial charge in [0.2, 0.25) is 0 Å². The molecule has 0 fully saturated rings. The van der Waals surface area contributed by atoms with Crippen LogP contribution >= 0.6 is 11.3 Å². The van der Waals surface area contributed by atoms with Gasteiger partial charge in [-0.15, -0.1) is 11.3 Å². The third kappa shape index (κ3) is 3.42. The first-order chi connectivity index (χ1) is 9.51. The lowest BCUT2D eigenvalue weighted by atomic mass is 10.0. The maximum absolute atomic E-state index is 14.0. The summed E-state index contributed by atoms with van der Waals surface area (Å²) in [5.41, 5.74) is 8.55. The Hall–Kier alpha value is -1.30. The molecule has 1 aromatic heterocycles.